The van der Waals surface area contributed by atoms with Crippen molar-refractivity contribution in [3.63, 3.8) is 0 Å². The van der Waals surface area contributed by atoms with Crippen LogP contribution in [0.5, 0.6) is 5.75 Å². The number of nitriles is 1. The lowest BCUT2D eigenvalue weighted by Crippen LogP contribution is -2.53. The number of rotatable bonds is 7. The summed E-state index contributed by atoms with van der Waals surface area (Å²) in [6, 6.07) is 8.55. The number of esters is 1. The predicted octanol–water partition coefficient (Wildman–Crippen LogP) is 2.49. The molecule has 1 aromatic rings. The average Bonchev–Trinajstić information content (AvgIpc) is 2.71. The number of aldehydes is 1. The molecule has 1 aliphatic carbocycles. The Morgan fingerprint density at radius 2 is 1.89 bits per heavy atom. The second-order valence-electron chi connectivity index (χ2n) is 6.71. The maximum absolute atomic E-state index is 12.6. The van der Waals surface area contributed by atoms with Crippen LogP contribution in [0.4, 0.5) is 0 Å². The van der Waals surface area contributed by atoms with Gasteiger partial charge in [-0.1, -0.05) is 19.3 Å². The summed E-state index contributed by atoms with van der Waals surface area (Å²) in [7, 11) is 1.59. The van der Waals surface area contributed by atoms with Gasteiger partial charge in [0.15, 0.2) is 12.7 Å². The Kier molecular flexibility index (Phi) is 6.94. The number of amides is 1. The summed E-state index contributed by atoms with van der Waals surface area (Å²) in [5.74, 6) is -0.667. The topological polar surface area (TPSA) is 96.7 Å². The van der Waals surface area contributed by atoms with Crippen molar-refractivity contribution in [3.8, 4) is 11.8 Å². The number of ether oxygens (including phenoxy) is 2. The Labute approximate surface area is 158 Å². The molecule has 7 heteroatoms. The highest BCUT2D eigenvalue weighted by Gasteiger charge is 2.40. The number of hydrogen-bond acceptors (Lipinski definition) is 6. The second-order valence-corrected chi connectivity index (χ2v) is 6.71. The summed E-state index contributed by atoms with van der Waals surface area (Å²) in [5, 5.41) is 9.58. The Morgan fingerprint density at radius 1 is 1.26 bits per heavy atom. The van der Waals surface area contributed by atoms with Crippen molar-refractivity contribution >= 4 is 18.2 Å². The van der Waals surface area contributed by atoms with Gasteiger partial charge in [-0.2, -0.15) is 5.26 Å². The summed E-state index contributed by atoms with van der Waals surface area (Å²) in [6.45, 7) is 1.13. The molecule has 1 aliphatic rings. The van der Waals surface area contributed by atoms with Crippen molar-refractivity contribution < 1.29 is 23.9 Å². The molecular formula is C20H24N2O5. The van der Waals surface area contributed by atoms with Crippen LogP contribution < -0.4 is 4.74 Å². The van der Waals surface area contributed by atoms with E-state index in [1.165, 1.54) is 11.8 Å². The highest BCUT2D eigenvalue weighted by Crippen LogP contribution is 2.32. The molecule has 1 amide bonds. The average molecular weight is 372 g/mol. The van der Waals surface area contributed by atoms with Crippen LogP contribution in [-0.2, 0) is 14.3 Å². The molecular weight excluding hydrogens is 348 g/mol. The molecule has 1 atom stereocenters. The van der Waals surface area contributed by atoms with Gasteiger partial charge < -0.3 is 14.4 Å². The third kappa shape index (κ3) is 5.07. The Hall–Kier alpha value is -2.88. The molecule has 1 aromatic carbocycles. The Balaban J connectivity index is 1.87. The lowest BCUT2D eigenvalue weighted by atomic mass is 9.81. The van der Waals surface area contributed by atoms with Gasteiger partial charge in [0.25, 0.3) is 5.91 Å². The third-order valence-corrected chi connectivity index (χ3v) is 4.89. The Bertz CT molecular complexity index is 717. The maximum atomic E-state index is 12.6. The number of nitrogens with zero attached hydrogens (tertiary/aromatic N) is 2. The van der Waals surface area contributed by atoms with Gasteiger partial charge in [-0.3, -0.25) is 9.59 Å². The lowest BCUT2D eigenvalue weighted by Gasteiger charge is -2.39. The zero-order valence-corrected chi connectivity index (χ0v) is 15.6. The molecule has 0 saturated heterocycles. The first-order valence-corrected chi connectivity index (χ1v) is 8.98. The molecule has 0 heterocycles. The molecule has 7 nitrogen and oxygen atoms in total. The first-order chi connectivity index (χ1) is 12.9. The number of carbonyl (C=O) groups is 3. The highest BCUT2D eigenvalue weighted by molar-refractivity contribution is 5.84. The SMILES string of the molecule is C[C@H](OC(=O)COc1ccc(C=O)cc1)C(=O)N(C)C1(C#N)CCCCC1. The molecule has 1 fully saturated rings. The van der Waals surface area contributed by atoms with E-state index in [-0.39, 0.29) is 6.61 Å². The maximum Gasteiger partial charge on any atom is 0.344 e. The van der Waals surface area contributed by atoms with Crippen LogP contribution in [0.15, 0.2) is 24.3 Å². The van der Waals surface area contributed by atoms with E-state index in [0.29, 0.717) is 30.4 Å². The fraction of sp³-hybridized carbons (Fsp3) is 0.500. The van der Waals surface area contributed by atoms with Crippen LogP contribution in [0.3, 0.4) is 0 Å². The van der Waals surface area contributed by atoms with Gasteiger partial charge in [-0.05, 0) is 44.0 Å². The predicted molar refractivity (Wildman–Crippen MR) is 97.1 cm³/mol. The molecule has 0 aliphatic heterocycles. The van der Waals surface area contributed by atoms with Gasteiger partial charge in [-0.15, -0.1) is 0 Å². The zero-order valence-electron chi connectivity index (χ0n) is 15.6. The van der Waals surface area contributed by atoms with Crippen molar-refractivity contribution in [2.24, 2.45) is 0 Å². The minimum absolute atomic E-state index is 0.356. The lowest BCUT2D eigenvalue weighted by molar-refractivity contribution is -0.162. The highest BCUT2D eigenvalue weighted by atomic mass is 16.6. The molecule has 0 spiro atoms. The van der Waals surface area contributed by atoms with E-state index in [0.717, 1.165) is 19.3 Å². The number of carbonyl (C=O) groups excluding carboxylic acids is 3. The van der Waals surface area contributed by atoms with Crippen molar-refractivity contribution in [2.45, 2.75) is 50.7 Å². The smallest absolute Gasteiger partial charge is 0.344 e. The minimum atomic E-state index is -1.00. The van der Waals surface area contributed by atoms with Gasteiger partial charge in [0.2, 0.25) is 0 Å². The van der Waals surface area contributed by atoms with E-state index >= 15 is 0 Å². The van der Waals surface area contributed by atoms with Gasteiger partial charge in [0, 0.05) is 12.6 Å². The molecule has 27 heavy (non-hydrogen) atoms. The summed E-state index contributed by atoms with van der Waals surface area (Å²) in [4.78, 5) is 36.6. The van der Waals surface area contributed by atoms with Crippen LogP contribution in [0.25, 0.3) is 0 Å². The quantitative estimate of drug-likeness (QED) is 0.539. The number of benzene rings is 1. The first-order valence-electron chi connectivity index (χ1n) is 8.98. The second kappa shape index (κ2) is 9.17. The van der Waals surface area contributed by atoms with Crippen LogP contribution in [-0.4, -0.2) is 48.4 Å². The normalized spacial score (nSPS) is 16.5. The summed E-state index contributed by atoms with van der Waals surface area (Å²) in [5.41, 5.74) is -0.325. The molecule has 0 aromatic heterocycles. The standard InChI is InChI=1S/C20H24N2O5/c1-15(19(25)22(2)20(14-21)10-4-3-5-11-20)27-18(24)13-26-17-8-6-16(12-23)7-9-17/h6-9,12,15H,3-5,10-11,13H2,1-2H3/t15-/m0/s1. The molecule has 1 saturated carbocycles. The van der Waals surface area contributed by atoms with Crippen molar-refractivity contribution in [1.82, 2.24) is 4.90 Å². The summed E-state index contributed by atoms with van der Waals surface area (Å²) in [6.07, 6.45) is 3.82. The Morgan fingerprint density at radius 3 is 2.44 bits per heavy atom. The fourth-order valence-electron chi connectivity index (χ4n) is 3.21. The zero-order chi connectivity index (χ0) is 19.9. The molecule has 144 valence electrons. The van der Waals surface area contributed by atoms with E-state index in [9.17, 15) is 19.6 Å². The first kappa shape index (κ1) is 20.4. The van der Waals surface area contributed by atoms with E-state index < -0.39 is 23.5 Å². The monoisotopic (exact) mass is 372 g/mol. The van der Waals surface area contributed by atoms with E-state index in [4.69, 9.17) is 9.47 Å². The minimum Gasteiger partial charge on any atom is -0.482 e. The molecule has 0 unspecified atom stereocenters. The van der Waals surface area contributed by atoms with E-state index in [2.05, 4.69) is 6.07 Å². The summed E-state index contributed by atoms with van der Waals surface area (Å²) >= 11 is 0. The van der Waals surface area contributed by atoms with Crippen LogP contribution >= 0.6 is 0 Å². The van der Waals surface area contributed by atoms with Gasteiger partial charge in [0.05, 0.1) is 6.07 Å². The van der Waals surface area contributed by atoms with Gasteiger partial charge in [0.1, 0.15) is 17.6 Å². The largest absolute Gasteiger partial charge is 0.482 e. The van der Waals surface area contributed by atoms with Crippen molar-refractivity contribution in [1.29, 1.82) is 5.26 Å². The van der Waals surface area contributed by atoms with Crippen LogP contribution in [0.2, 0.25) is 0 Å². The summed E-state index contributed by atoms with van der Waals surface area (Å²) < 4.78 is 10.5. The van der Waals surface area contributed by atoms with Crippen molar-refractivity contribution in [3.05, 3.63) is 29.8 Å². The molecule has 0 bridgehead atoms. The van der Waals surface area contributed by atoms with Gasteiger partial charge >= 0.3 is 5.97 Å². The van der Waals surface area contributed by atoms with E-state index in [1.54, 1.807) is 31.3 Å². The fourth-order valence-corrected chi connectivity index (χ4v) is 3.21. The molecule has 0 radical (unpaired) electrons. The van der Waals surface area contributed by atoms with Crippen LogP contribution in [0.1, 0.15) is 49.4 Å². The van der Waals surface area contributed by atoms with Gasteiger partial charge in [-0.25, -0.2) is 4.79 Å². The third-order valence-electron chi connectivity index (χ3n) is 4.89. The van der Waals surface area contributed by atoms with E-state index in [1.807, 2.05) is 0 Å². The number of hydrogen-bond donors (Lipinski definition) is 0. The van der Waals surface area contributed by atoms with Crippen molar-refractivity contribution in [2.75, 3.05) is 13.7 Å². The van der Waals surface area contributed by atoms with Crippen LogP contribution in [0, 0.1) is 11.3 Å². The number of likely N-dealkylation sites (N-methyl/N-ethyl adjacent to an activating group) is 1. The molecule has 2 rings (SSSR count). The molecule has 0 N–H and O–H groups in total.